The van der Waals surface area contributed by atoms with Crippen LogP contribution in [0.5, 0.6) is 0 Å². The topological polar surface area (TPSA) is 69.4 Å². The molecular weight excluding hydrogens is 134 g/mol. The van der Waals surface area contributed by atoms with Gasteiger partial charge < -0.3 is 4.74 Å². The zero-order valence-electron chi connectivity index (χ0n) is 5.40. The zero-order chi connectivity index (χ0) is 6.81. The fourth-order valence-electron chi connectivity index (χ4n) is 0.944. The molecular formula is C4H10N5O. The summed E-state index contributed by atoms with van der Waals surface area (Å²) in [5.74, 6) is 0. The molecule has 2 saturated heterocycles. The largest absolute Gasteiger partial charge is 0.335 e. The quantitative estimate of drug-likeness (QED) is 0.281. The second kappa shape index (κ2) is 2.79. The van der Waals surface area contributed by atoms with Crippen LogP contribution in [0.2, 0.25) is 0 Å². The maximum absolute atomic E-state index is 5.17. The molecule has 6 heteroatoms. The minimum atomic E-state index is 0.0648. The van der Waals surface area contributed by atoms with Crippen molar-refractivity contribution >= 4 is 0 Å². The van der Waals surface area contributed by atoms with Crippen molar-refractivity contribution in [3.63, 3.8) is 0 Å². The summed E-state index contributed by atoms with van der Waals surface area (Å²) < 4.78 is 5.17. The number of rotatable bonds is 1. The van der Waals surface area contributed by atoms with Crippen LogP contribution in [0, 0.1) is 6.23 Å². The Kier molecular flexibility index (Phi) is 1.80. The van der Waals surface area contributed by atoms with Crippen LogP contribution in [0.25, 0.3) is 0 Å². The van der Waals surface area contributed by atoms with Crippen molar-refractivity contribution in [2.75, 3.05) is 13.4 Å². The van der Waals surface area contributed by atoms with Crippen LogP contribution in [0.1, 0.15) is 0 Å². The molecule has 2 aliphatic heterocycles. The van der Waals surface area contributed by atoms with E-state index in [1.807, 2.05) is 0 Å². The highest BCUT2D eigenvalue weighted by atomic mass is 16.5. The first kappa shape index (κ1) is 6.47. The average molecular weight is 144 g/mol. The highest BCUT2D eigenvalue weighted by Gasteiger charge is 2.28. The minimum Gasteiger partial charge on any atom is -0.335 e. The van der Waals surface area contributed by atoms with E-state index in [1.54, 1.807) is 0 Å². The van der Waals surface area contributed by atoms with E-state index < -0.39 is 0 Å². The summed E-state index contributed by atoms with van der Waals surface area (Å²) >= 11 is 0. The molecule has 1 unspecified atom stereocenters. The van der Waals surface area contributed by atoms with E-state index in [0.717, 1.165) is 12.9 Å². The fraction of sp³-hybridized carbons (Fsp3) is 0.750. The van der Waals surface area contributed by atoms with Gasteiger partial charge in [-0.2, -0.15) is 0 Å². The van der Waals surface area contributed by atoms with Crippen molar-refractivity contribution in [3.8, 4) is 0 Å². The third kappa shape index (κ3) is 1.12. The van der Waals surface area contributed by atoms with Crippen LogP contribution in [-0.4, -0.2) is 19.6 Å². The Balaban J connectivity index is 1.85. The maximum atomic E-state index is 5.17. The predicted octanol–water partition coefficient (Wildman–Crippen LogP) is -2.46. The van der Waals surface area contributed by atoms with Crippen LogP contribution in [0.15, 0.2) is 0 Å². The second-order valence-electron chi connectivity index (χ2n) is 2.09. The van der Waals surface area contributed by atoms with E-state index in [0.29, 0.717) is 6.73 Å². The number of ether oxygens (including phenoxy) is 1. The Morgan fingerprint density at radius 2 is 2.40 bits per heavy atom. The highest BCUT2D eigenvalue weighted by molar-refractivity contribution is 4.90. The van der Waals surface area contributed by atoms with Gasteiger partial charge in [0.1, 0.15) is 12.9 Å². The molecule has 6 nitrogen and oxygen atoms in total. The van der Waals surface area contributed by atoms with Gasteiger partial charge in [0.25, 0.3) is 0 Å². The van der Waals surface area contributed by atoms with Gasteiger partial charge in [-0.1, -0.05) is 0 Å². The third-order valence-corrected chi connectivity index (χ3v) is 1.41. The molecule has 1 radical (unpaired) electrons. The molecule has 0 aliphatic carbocycles. The first-order chi connectivity index (χ1) is 4.97. The standard InChI is InChI=1S/C4H10N5O/c1-5-3(8-6-1)4-9-7-2-10-4/h3,5-9H,1-2H2. The number of nitrogens with one attached hydrogen (secondary N) is 5. The van der Waals surface area contributed by atoms with Crippen molar-refractivity contribution in [2.24, 2.45) is 0 Å². The van der Waals surface area contributed by atoms with Gasteiger partial charge in [-0.25, -0.2) is 21.7 Å². The molecule has 57 valence electrons. The first-order valence-electron chi connectivity index (χ1n) is 3.17. The number of hydrogen-bond acceptors (Lipinski definition) is 6. The Bertz CT molecular complexity index is 94.2. The van der Waals surface area contributed by atoms with Gasteiger partial charge in [-0.3, -0.25) is 5.32 Å². The van der Waals surface area contributed by atoms with Crippen LogP contribution < -0.4 is 27.0 Å². The zero-order valence-corrected chi connectivity index (χ0v) is 5.40. The van der Waals surface area contributed by atoms with Crippen molar-refractivity contribution < 1.29 is 4.74 Å². The van der Waals surface area contributed by atoms with Gasteiger partial charge in [0.2, 0.25) is 6.23 Å². The smallest absolute Gasteiger partial charge is 0.210 e. The summed E-state index contributed by atoms with van der Waals surface area (Å²) in [6.45, 7) is 1.27. The molecule has 10 heavy (non-hydrogen) atoms. The van der Waals surface area contributed by atoms with Gasteiger partial charge in [0.05, 0.1) is 6.67 Å². The van der Waals surface area contributed by atoms with Crippen molar-refractivity contribution in [2.45, 2.75) is 6.17 Å². The molecule has 0 spiro atoms. The monoisotopic (exact) mass is 144 g/mol. The summed E-state index contributed by atoms with van der Waals surface area (Å²) in [4.78, 5) is 0. The normalized spacial score (nSPS) is 35.4. The van der Waals surface area contributed by atoms with Crippen LogP contribution in [-0.2, 0) is 4.74 Å². The van der Waals surface area contributed by atoms with Gasteiger partial charge in [0, 0.05) is 0 Å². The summed E-state index contributed by atoms with van der Waals surface area (Å²) in [7, 11) is 0. The SMILES string of the molecule is C1NNC([C]2NNCO2)N1. The maximum Gasteiger partial charge on any atom is 0.210 e. The summed E-state index contributed by atoms with van der Waals surface area (Å²) in [6.07, 6.45) is 0.847. The lowest BCUT2D eigenvalue weighted by Gasteiger charge is -2.13. The molecule has 0 amide bonds. The first-order valence-corrected chi connectivity index (χ1v) is 3.17. The lowest BCUT2D eigenvalue weighted by atomic mass is 10.5. The van der Waals surface area contributed by atoms with E-state index in [4.69, 9.17) is 4.74 Å². The Hall–Kier alpha value is -0.240. The van der Waals surface area contributed by atoms with Crippen LogP contribution in [0.4, 0.5) is 0 Å². The lowest BCUT2D eigenvalue weighted by molar-refractivity contribution is 0.155. The molecule has 5 N–H and O–H groups in total. The molecule has 0 aromatic rings. The molecule has 0 aromatic carbocycles. The summed E-state index contributed by atoms with van der Waals surface area (Å²) in [6, 6.07) is 0. The molecule has 2 rings (SSSR count). The Labute approximate surface area is 58.6 Å². The highest BCUT2D eigenvalue weighted by Crippen LogP contribution is 2.05. The fourth-order valence-corrected chi connectivity index (χ4v) is 0.944. The van der Waals surface area contributed by atoms with Gasteiger partial charge >= 0.3 is 0 Å². The van der Waals surface area contributed by atoms with E-state index in [-0.39, 0.29) is 6.17 Å². The summed E-state index contributed by atoms with van der Waals surface area (Å²) in [5.41, 5.74) is 11.6. The molecule has 1 atom stereocenters. The van der Waals surface area contributed by atoms with E-state index in [1.165, 1.54) is 0 Å². The van der Waals surface area contributed by atoms with Gasteiger partial charge in [-0.05, 0) is 0 Å². The lowest BCUT2D eigenvalue weighted by Crippen LogP contribution is -2.45. The summed E-state index contributed by atoms with van der Waals surface area (Å²) in [5, 5.41) is 3.11. The number of hydrazine groups is 2. The van der Waals surface area contributed by atoms with Crippen molar-refractivity contribution in [1.29, 1.82) is 0 Å². The minimum absolute atomic E-state index is 0.0648. The number of hydrogen-bond donors (Lipinski definition) is 5. The van der Waals surface area contributed by atoms with E-state index in [2.05, 4.69) is 27.0 Å². The molecule has 0 bridgehead atoms. The van der Waals surface area contributed by atoms with Crippen molar-refractivity contribution in [3.05, 3.63) is 6.23 Å². The Morgan fingerprint density at radius 3 is 3.00 bits per heavy atom. The van der Waals surface area contributed by atoms with E-state index >= 15 is 0 Å². The molecule has 0 aromatic heterocycles. The van der Waals surface area contributed by atoms with Gasteiger partial charge in [-0.15, -0.1) is 0 Å². The van der Waals surface area contributed by atoms with Crippen molar-refractivity contribution in [1.82, 2.24) is 27.0 Å². The van der Waals surface area contributed by atoms with Gasteiger partial charge in [0.15, 0.2) is 0 Å². The molecule has 2 aliphatic rings. The second-order valence-corrected chi connectivity index (χ2v) is 2.09. The third-order valence-electron chi connectivity index (χ3n) is 1.41. The van der Waals surface area contributed by atoms with Crippen LogP contribution in [0.3, 0.4) is 0 Å². The Morgan fingerprint density at radius 1 is 1.40 bits per heavy atom. The predicted molar refractivity (Wildman–Crippen MR) is 33.5 cm³/mol. The van der Waals surface area contributed by atoms with E-state index in [9.17, 15) is 0 Å². The van der Waals surface area contributed by atoms with Crippen LogP contribution >= 0.6 is 0 Å². The molecule has 2 fully saturated rings. The molecule has 0 saturated carbocycles. The average Bonchev–Trinajstić information content (AvgIpc) is 2.59. The molecule has 2 heterocycles.